The van der Waals surface area contributed by atoms with Crippen molar-refractivity contribution in [3.05, 3.63) is 23.3 Å². The summed E-state index contributed by atoms with van der Waals surface area (Å²) in [7, 11) is 2.45. The summed E-state index contributed by atoms with van der Waals surface area (Å²) < 4.78 is 8.42. The first-order valence-corrected chi connectivity index (χ1v) is 5.15. The molecule has 0 aromatic heterocycles. The van der Waals surface area contributed by atoms with Gasteiger partial charge in [-0.05, 0) is 13.8 Å². The highest BCUT2D eigenvalue weighted by Gasteiger charge is 2.09. The van der Waals surface area contributed by atoms with Crippen molar-refractivity contribution in [3.8, 4) is 0 Å². The standard InChI is InChI=1S/2C6H8O4/c1-9-5(7)3-4-6(8)10-2;1-3(5(7)8)4(2)6(9)10/h3-4H,1-2H3;1-2H3,(H,7,8)(H,9,10)/b2*4-3+. The van der Waals surface area contributed by atoms with Gasteiger partial charge in [0.1, 0.15) is 0 Å². The minimum atomic E-state index is -1.19. The van der Waals surface area contributed by atoms with E-state index in [1.807, 2.05) is 0 Å². The van der Waals surface area contributed by atoms with E-state index < -0.39 is 23.9 Å². The van der Waals surface area contributed by atoms with Crippen LogP contribution in [0.3, 0.4) is 0 Å². The molecule has 0 aromatic rings. The molecule has 0 rings (SSSR count). The van der Waals surface area contributed by atoms with Gasteiger partial charge < -0.3 is 19.7 Å². The van der Waals surface area contributed by atoms with Crippen LogP contribution in [-0.4, -0.2) is 48.3 Å². The summed E-state index contributed by atoms with van der Waals surface area (Å²) >= 11 is 0. The lowest BCUT2D eigenvalue weighted by atomic mass is 10.1. The van der Waals surface area contributed by atoms with Crippen molar-refractivity contribution >= 4 is 23.9 Å². The van der Waals surface area contributed by atoms with Crippen LogP contribution in [0.1, 0.15) is 13.8 Å². The summed E-state index contributed by atoms with van der Waals surface area (Å²) in [5.74, 6) is -3.55. The normalized spacial score (nSPS) is 10.8. The summed E-state index contributed by atoms with van der Waals surface area (Å²) in [5.41, 5.74) is -0.264. The number of esters is 2. The number of hydrogen-bond donors (Lipinski definition) is 2. The van der Waals surface area contributed by atoms with Gasteiger partial charge in [0, 0.05) is 23.3 Å². The fourth-order valence-corrected chi connectivity index (χ4v) is 0.593. The van der Waals surface area contributed by atoms with Gasteiger partial charge in [0.2, 0.25) is 0 Å². The van der Waals surface area contributed by atoms with Crippen molar-refractivity contribution in [1.29, 1.82) is 0 Å². The van der Waals surface area contributed by atoms with Crippen LogP contribution in [0.25, 0.3) is 0 Å². The van der Waals surface area contributed by atoms with E-state index in [2.05, 4.69) is 9.47 Å². The molecule has 0 aromatic carbocycles. The topological polar surface area (TPSA) is 127 Å². The molecule has 0 saturated heterocycles. The first kappa shape index (κ1) is 19.7. The van der Waals surface area contributed by atoms with Crippen molar-refractivity contribution in [2.75, 3.05) is 14.2 Å². The number of carbonyl (C=O) groups is 4. The second kappa shape index (κ2) is 10.3. The highest BCUT2D eigenvalue weighted by Crippen LogP contribution is 2.02. The molecule has 112 valence electrons. The Morgan fingerprint density at radius 3 is 1.15 bits per heavy atom. The number of carboxylic acids is 2. The molecule has 8 nitrogen and oxygen atoms in total. The molecule has 0 spiro atoms. The number of aliphatic carboxylic acids is 2. The lowest BCUT2D eigenvalue weighted by Gasteiger charge is -1.95. The molecule has 0 aliphatic carbocycles. The molecule has 8 heteroatoms. The predicted octanol–water partition coefficient (Wildman–Crippen LogP) is 0.381. The van der Waals surface area contributed by atoms with E-state index in [1.54, 1.807) is 0 Å². The van der Waals surface area contributed by atoms with Crippen molar-refractivity contribution in [2.45, 2.75) is 13.8 Å². The zero-order valence-corrected chi connectivity index (χ0v) is 11.5. The monoisotopic (exact) mass is 288 g/mol. The summed E-state index contributed by atoms with van der Waals surface area (Å²) in [6.45, 7) is 2.51. The van der Waals surface area contributed by atoms with E-state index in [9.17, 15) is 19.2 Å². The lowest BCUT2D eigenvalue weighted by Crippen LogP contribution is -2.06. The Labute approximate surface area is 115 Å². The van der Waals surface area contributed by atoms with Crippen molar-refractivity contribution in [1.82, 2.24) is 0 Å². The maximum absolute atomic E-state index is 10.3. The molecular weight excluding hydrogens is 272 g/mol. The van der Waals surface area contributed by atoms with E-state index in [4.69, 9.17) is 10.2 Å². The van der Waals surface area contributed by atoms with Crippen LogP contribution in [0.2, 0.25) is 0 Å². The first-order valence-electron chi connectivity index (χ1n) is 5.15. The summed E-state index contributed by atoms with van der Waals surface area (Å²) in [4.78, 5) is 40.9. The largest absolute Gasteiger partial charge is 0.478 e. The van der Waals surface area contributed by atoms with Crippen LogP contribution >= 0.6 is 0 Å². The van der Waals surface area contributed by atoms with Crippen LogP contribution in [0.4, 0.5) is 0 Å². The molecule has 0 fully saturated rings. The van der Waals surface area contributed by atoms with E-state index in [-0.39, 0.29) is 11.1 Å². The van der Waals surface area contributed by atoms with E-state index >= 15 is 0 Å². The fourth-order valence-electron chi connectivity index (χ4n) is 0.593. The Bertz CT molecular complexity index is 404. The fraction of sp³-hybridized carbons (Fsp3) is 0.333. The SMILES string of the molecule is C/C(C(=O)O)=C(/C)C(=O)O.COC(=O)/C=C/C(=O)OC. The summed E-state index contributed by atoms with van der Waals surface area (Å²) in [6, 6.07) is 0. The Morgan fingerprint density at radius 2 is 1.00 bits per heavy atom. The van der Waals surface area contributed by atoms with Crippen LogP contribution < -0.4 is 0 Å². The minimum Gasteiger partial charge on any atom is -0.478 e. The molecule has 0 unspecified atom stereocenters. The van der Waals surface area contributed by atoms with Crippen molar-refractivity contribution in [3.63, 3.8) is 0 Å². The van der Waals surface area contributed by atoms with E-state index in [0.717, 1.165) is 12.2 Å². The number of ether oxygens (including phenoxy) is 2. The molecule has 0 saturated carbocycles. The molecule has 0 amide bonds. The molecule has 0 heterocycles. The van der Waals surface area contributed by atoms with Crippen LogP contribution in [0.15, 0.2) is 23.3 Å². The van der Waals surface area contributed by atoms with Gasteiger partial charge in [0.25, 0.3) is 0 Å². The lowest BCUT2D eigenvalue weighted by molar-refractivity contribution is -0.137. The average Bonchev–Trinajstić information content (AvgIpc) is 2.42. The summed E-state index contributed by atoms with van der Waals surface area (Å²) in [5, 5.41) is 16.6. The Hall–Kier alpha value is -2.64. The Balaban J connectivity index is 0. The third kappa shape index (κ3) is 9.40. The van der Waals surface area contributed by atoms with Gasteiger partial charge in [-0.1, -0.05) is 0 Å². The number of methoxy groups -OCH3 is 2. The molecule has 20 heavy (non-hydrogen) atoms. The molecule has 2 N–H and O–H groups in total. The number of hydrogen-bond acceptors (Lipinski definition) is 6. The zero-order valence-electron chi connectivity index (χ0n) is 11.5. The predicted molar refractivity (Wildman–Crippen MR) is 66.8 cm³/mol. The molecular formula is C12H16O8. The Morgan fingerprint density at radius 1 is 0.750 bits per heavy atom. The number of carbonyl (C=O) groups excluding carboxylic acids is 2. The van der Waals surface area contributed by atoms with Gasteiger partial charge in [-0.15, -0.1) is 0 Å². The number of rotatable bonds is 4. The third-order valence-corrected chi connectivity index (χ3v) is 1.96. The zero-order chi connectivity index (χ0) is 16.3. The van der Waals surface area contributed by atoms with Gasteiger partial charge in [0.15, 0.2) is 0 Å². The van der Waals surface area contributed by atoms with Crippen molar-refractivity contribution < 1.29 is 38.9 Å². The van der Waals surface area contributed by atoms with Crippen LogP contribution in [0.5, 0.6) is 0 Å². The quantitative estimate of drug-likeness (QED) is 0.561. The average molecular weight is 288 g/mol. The minimum absolute atomic E-state index is 0.132. The van der Waals surface area contributed by atoms with E-state index in [0.29, 0.717) is 0 Å². The van der Waals surface area contributed by atoms with Crippen LogP contribution in [-0.2, 0) is 28.7 Å². The first-order chi connectivity index (χ1) is 9.17. The highest BCUT2D eigenvalue weighted by atomic mass is 16.5. The molecule has 0 atom stereocenters. The van der Waals surface area contributed by atoms with Crippen LogP contribution in [0, 0.1) is 0 Å². The third-order valence-electron chi connectivity index (χ3n) is 1.96. The van der Waals surface area contributed by atoms with Gasteiger partial charge in [-0.2, -0.15) is 0 Å². The van der Waals surface area contributed by atoms with Gasteiger partial charge in [0.05, 0.1) is 14.2 Å². The molecule has 0 bridgehead atoms. The second-order valence-electron chi connectivity index (χ2n) is 3.24. The van der Waals surface area contributed by atoms with Gasteiger partial charge in [-0.25, -0.2) is 19.2 Å². The summed E-state index contributed by atoms with van der Waals surface area (Å²) in [6.07, 6.45) is 1.98. The Kier molecular flexibility index (Phi) is 10.1. The van der Waals surface area contributed by atoms with Crippen molar-refractivity contribution in [2.24, 2.45) is 0 Å². The maximum atomic E-state index is 10.3. The molecule has 0 radical (unpaired) electrons. The van der Waals surface area contributed by atoms with Gasteiger partial charge >= 0.3 is 23.9 Å². The molecule has 0 aliphatic heterocycles. The maximum Gasteiger partial charge on any atom is 0.331 e. The van der Waals surface area contributed by atoms with Gasteiger partial charge in [-0.3, -0.25) is 0 Å². The molecule has 0 aliphatic rings. The highest BCUT2D eigenvalue weighted by molar-refractivity contribution is 5.97. The second-order valence-corrected chi connectivity index (χ2v) is 3.24. The van der Waals surface area contributed by atoms with E-state index in [1.165, 1.54) is 28.1 Å². The smallest absolute Gasteiger partial charge is 0.331 e. The number of carboxylic acid groups (broad SMARTS) is 2.